The first-order chi connectivity index (χ1) is 8.61. The van der Waals surface area contributed by atoms with E-state index in [9.17, 15) is 9.59 Å². The zero-order valence-corrected chi connectivity index (χ0v) is 11.5. The summed E-state index contributed by atoms with van der Waals surface area (Å²) in [7, 11) is 0. The second-order valence-electron chi connectivity index (χ2n) is 5.32. The summed E-state index contributed by atoms with van der Waals surface area (Å²) in [6.45, 7) is 3.69. The maximum Gasteiger partial charge on any atom is 0.326 e. The Morgan fingerprint density at radius 2 is 2.00 bits per heavy atom. The standard InChI is InChI=1S/C14H25NO3/c1-3-7-13(12-8-5-4-6-9-12)15(10-16)11(2)14(17)18/h10-13H,3-9H2,1-2H3,(H,17,18). The molecule has 104 valence electrons. The van der Waals surface area contributed by atoms with Crippen molar-refractivity contribution in [3.05, 3.63) is 0 Å². The van der Waals surface area contributed by atoms with E-state index in [-0.39, 0.29) is 6.04 Å². The molecule has 0 aromatic rings. The Hall–Kier alpha value is -1.06. The van der Waals surface area contributed by atoms with Crippen LogP contribution in [-0.2, 0) is 9.59 Å². The predicted octanol–water partition coefficient (Wildman–Crippen LogP) is 2.67. The van der Waals surface area contributed by atoms with Crippen LogP contribution < -0.4 is 0 Å². The fourth-order valence-corrected chi connectivity index (χ4v) is 3.03. The molecule has 4 nitrogen and oxygen atoms in total. The van der Waals surface area contributed by atoms with Gasteiger partial charge in [0.05, 0.1) is 0 Å². The SMILES string of the molecule is CCCC(C1CCCCC1)N(C=O)C(C)C(=O)O. The molecule has 0 aromatic carbocycles. The van der Waals surface area contributed by atoms with E-state index < -0.39 is 12.0 Å². The van der Waals surface area contributed by atoms with Gasteiger partial charge in [0.2, 0.25) is 6.41 Å². The molecule has 1 saturated carbocycles. The van der Waals surface area contributed by atoms with Crippen LogP contribution in [0, 0.1) is 5.92 Å². The highest BCUT2D eigenvalue weighted by Crippen LogP contribution is 2.31. The zero-order valence-electron chi connectivity index (χ0n) is 11.5. The Balaban J connectivity index is 2.78. The van der Waals surface area contributed by atoms with Crippen molar-refractivity contribution < 1.29 is 14.7 Å². The van der Waals surface area contributed by atoms with Crippen molar-refractivity contribution >= 4 is 12.4 Å². The van der Waals surface area contributed by atoms with Gasteiger partial charge in [0.25, 0.3) is 0 Å². The first kappa shape index (κ1) is 15.0. The van der Waals surface area contributed by atoms with Crippen molar-refractivity contribution in [2.24, 2.45) is 5.92 Å². The molecule has 4 heteroatoms. The molecule has 0 bridgehead atoms. The van der Waals surface area contributed by atoms with Gasteiger partial charge in [-0.3, -0.25) is 4.79 Å². The van der Waals surface area contributed by atoms with Crippen LogP contribution in [0.2, 0.25) is 0 Å². The Labute approximate surface area is 109 Å². The third kappa shape index (κ3) is 3.72. The Morgan fingerprint density at radius 3 is 2.44 bits per heavy atom. The Morgan fingerprint density at radius 1 is 1.39 bits per heavy atom. The van der Waals surface area contributed by atoms with E-state index in [0.29, 0.717) is 5.92 Å². The van der Waals surface area contributed by atoms with Crippen LogP contribution in [0.15, 0.2) is 0 Å². The third-order valence-corrected chi connectivity index (χ3v) is 4.09. The molecule has 1 rings (SSSR count). The van der Waals surface area contributed by atoms with Crippen LogP contribution >= 0.6 is 0 Å². The summed E-state index contributed by atoms with van der Waals surface area (Å²) in [4.78, 5) is 23.9. The first-order valence-corrected chi connectivity index (χ1v) is 7.07. The van der Waals surface area contributed by atoms with Crippen LogP contribution in [0.1, 0.15) is 58.8 Å². The molecule has 1 amide bonds. The van der Waals surface area contributed by atoms with E-state index >= 15 is 0 Å². The summed E-state index contributed by atoms with van der Waals surface area (Å²) in [5.41, 5.74) is 0. The second kappa shape index (κ2) is 7.39. The molecule has 0 heterocycles. The quantitative estimate of drug-likeness (QED) is 0.711. The highest BCUT2D eigenvalue weighted by Gasteiger charge is 2.32. The van der Waals surface area contributed by atoms with Crippen LogP contribution in [0.3, 0.4) is 0 Å². The molecule has 2 unspecified atom stereocenters. The lowest BCUT2D eigenvalue weighted by Gasteiger charge is -2.38. The van der Waals surface area contributed by atoms with Gasteiger partial charge in [0.15, 0.2) is 0 Å². The summed E-state index contributed by atoms with van der Waals surface area (Å²) >= 11 is 0. The monoisotopic (exact) mass is 255 g/mol. The van der Waals surface area contributed by atoms with E-state index in [0.717, 1.165) is 32.1 Å². The summed E-state index contributed by atoms with van der Waals surface area (Å²) in [6.07, 6.45) is 8.55. The molecule has 1 fully saturated rings. The van der Waals surface area contributed by atoms with Crippen molar-refractivity contribution in [3.8, 4) is 0 Å². The van der Waals surface area contributed by atoms with Gasteiger partial charge in [0, 0.05) is 6.04 Å². The normalized spacial score (nSPS) is 20.1. The lowest BCUT2D eigenvalue weighted by atomic mass is 9.81. The minimum atomic E-state index is -0.918. The van der Waals surface area contributed by atoms with Gasteiger partial charge < -0.3 is 10.0 Å². The molecule has 1 aliphatic rings. The minimum absolute atomic E-state index is 0.0962. The van der Waals surface area contributed by atoms with Crippen molar-refractivity contribution in [2.45, 2.75) is 70.9 Å². The molecular weight excluding hydrogens is 230 g/mol. The molecule has 1 N–H and O–H groups in total. The van der Waals surface area contributed by atoms with Crippen LogP contribution in [0.25, 0.3) is 0 Å². The third-order valence-electron chi connectivity index (χ3n) is 4.09. The van der Waals surface area contributed by atoms with Gasteiger partial charge >= 0.3 is 5.97 Å². The molecule has 18 heavy (non-hydrogen) atoms. The van der Waals surface area contributed by atoms with Gasteiger partial charge in [-0.2, -0.15) is 0 Å². The average Bonchev–Trinajstić information content (AvgIpc) is 2.39. The number of amides is 1. The lowest BCUT2D eigenvalue weighted by molar-refractivity contribution is -0.148. The summed E-state index contributed by atoms with van der Waals surface area (Å²) < 4.78 is 0. The van der Waals surface area contributed by atoms with E-state index in [1.807, 2.05) is 0 Å². The number of carboxylic acid groups (broad SMARTS) is 1. The Bertz CT molecular complexity index is 274. The predicted molar refractivity (Wildman–Crippen MR) is 70.3 cm³/mol. The van der Waals surface area contributed by atoms with Crippen LogP contribution in [-0.4, -0.2) is 34.5 Å². The first-order valence-electron chi connectivity index (χ1n) is 7.07. The van der Waals surface area contributed by atoms with Crippen LogP contribution in [0.4, 0.5) is 0 Å². The fourth-order valence-electron chi connectivity index (χ4n) is 3.03. The smallest absolute Gasteiger partial charge is 0.326 e. The largest absolute Gasteiger partial charge is 0.480 e. The van der Waals surface area contributed by atoms with Gasteiger partial charge in [-0.25, -0.2) is 4.79 Å². The van der Waals surface area contributed by atoms with E-state index in [1.165, 1.54) is 24.2 Å². The number of aliphatic carboxylic acids is 1. The summed E-state index contributed by atoms with van der Waals surface area (Å²) in [6, 6.07) is -0.625. The van der Waals surface area contributed by atoms with Gasteiger partial charge in [-0.15, -0.1) is 0 Å². The molecular formula is C14H25NO3. The van der Waals surface area contributed by atoms with E-state index in [2.05, 4.69) is 6.92 Å². The van der Waals surface area contributed by atoms with Gasteiger partial charge in [0.1, 0.15) is 6.04 Å². The fraction of sp³-hybridized carbons (Fsp3) is 0.857. The molecule has 0 aliphatic heterocycles. The number of hydrogen-bond donors (Lipinski definition) is 1. The topological polar surface area (TPSA) is 57.6 Å². The highest BCUT2D eigenvalue weighted by atomic mass is 16.4. The van der Waals surface area contributed by atoms with Gasteiger partial charge in [-0.1, -0.05) is 32.6 Å². The lowest BCUT2D eigenvalue weighted by Crippen LogP contribution is -2.48. The van der Waals surface area contributed by atoms with Gasteiger partial charge in [-0.05, 0) is 32.1 Å². The van der Waals surface area contributed by atoms with Crippen molar-refractivity contribution in [2.75, 3.05) is 0 Å². The second-order valence-corrected chi connectivity index (χ2v) is 5.32. The number of carbonyl (C=O) groups is 2. The van der Waals surface area contributed by atoms with Crippen LogP contribution in [0.5, 0.6) is 0 Å². The molecule has 0 spiro atoms. The number of carbonyl (C=O) groups excluding carboxylic acids is 1. The molecule has 0 aromatic heterocycles. The van der Waals surface area contributed by atoms with E-state index in [4.69, 9.17) is 5.11 Å². The van der Waals surface area contributed by atoms with Crippen molar-refractivity contribution in [1.82, 2.24) is 4.90 Å². The zero-order chi connectivity index (χ0) is 13.5. The number of hydrogen-bond acceptors (Lipinski definition) is 2. The maximum absolute atomic E-state index is 11.3. The maximum atomic E-state index is 11.3. The van der Waals surface area contributed by atoms with Crippen molar-refractivity contribution in [1.29, 1.82) is 0 Å². The number of rotatable bonds is 7. The molecule has 0 radical (unpaired) electrons. The average molecular weight is 255 g/mol. The summed E-state index contributed by atoms with van der Waals surface area (Å²) in [5, 5.41) is 9.10. The highest BCUT2D eigenvalue weighted by molar-refractivity contribution is 5.75. The minimum Gasteiger partial charge on any atom is -0.480 e. The molecule has 2 atom stereocenters. The summed E-state index contributed by atoms with van der Waals surface area (Å²) in [5.74, 6) is -0.440. The number of carboxylic acids is 1. The molecule has 0 saturated heterocycles. The van der Waals surface area contributed by atoms with Crippen molar-refractivity contribution in [3.63, 3.8) is 0 Å². The number of nitrogens with zero attached hydrogens (tertiary/aromatic N) is 1. The van der Waals surface area contributed by atoms with E-state index in [1.54, 1.807) is 6.92 Å². The Kier molecular flexibility index (Phi) is 6.16. The molecule has 1 aliphatic carbocycles.